The van der Waals surface area contributed by atoms with Gasteiger partial charge in [-0.15, -0.1) is 0 Å². The molecule has 0 spiro atoms. The summed E-state index contributed by atoms with van der Waals surface area (Å²) in [4.78, 5) is 4.67. The van der Waals surface area contributed by atoms with Crippen LogP contribution in [-0.2, 0) is 4.74 Å². The molecule has 0 aromatic heterocycles. The number of aliphatic hydroxyl groups excluding tert-OH is 1. The largest absolute Gasteiger partial charge is 0.381 e. The Labute approximate surface area is 137 Å². The van der Waals surface area contributed by atoms with Gasteiger partial charge in [-0.05, 0) is 32.3 Å². The molecule has 4 heteroatoms. The monoisotopic (exact) mass is 312 g/mol. The molecule has 22 heavy (non-hydrogen) atoms. The van der Waals surface area contributed by atoms with Crippen molar-refractivity contribution in [2.45, 2.75) is 65.6 Å². The van der Waals surface area contributed by atoms with E-state index in [1.54, 1.807) is 7.11 Å². The number of piperazine rings is 1. The molecule has 0 aromatic carbocycles. The lowest BCUT2D eigenvalue weighted by atomic mass is 9.99. The van der Waals surface area contributed by atoms with E-state index in [2.05, 4.69) is 43.6 Å². The maximum absolute atomic E-state index is 10.7. The minimum atomic E-state index is -0.308. The van der Waals surface area contributed by atoms with Crippen LogP contribution in [0, 0.1) is 5.92 Å². The smallest absolute Gasteiger partial charge is 0.110 e. The Kier molecular flexibility index (Phi) is 9.06. The first kappa shape index (κ1) is 19.5. The number of hydrogen-bond acceptors (Lipinski definition) is 4. The zero-order valence-electron chi connectivity index (χ0n) is 15.2. The molecule has 130 valence electrons. The average molecular weight is 312 g/mol. The van der Waals surface area contributed by atoms with Crippen molar-refractivity contribution in [2.24, 2.45) is 5.92 Å². The van der Waals surface area contributed by atoms with Gasteiger partial charge in [-0.2, -0.15) is 0 Å². The summed E-state index contributed by atoms with van der Waals surface area (Å²) in [5.41, 5.74) is 1.28. The van der Waals surface area contributed by atoms with E-state index in [9.17, 15) is 5.11 Å². The molecule has 4 nitrogen and oxygen atoms in total. The Hall–Kier alpha value is -0.580. The SMILES string of the molecule is CCCCCC(C)C(O)N1CCN(/C(C)=C/COC)CC1C. The summed E-state index contributed by atoms with van der Waals surface area (Å²) in [5.74, 6) is 0.352. The van der Waals surface area contributed by atoms with E-state index in [0.29, 0.717) is 18.6 Å². The lowest BCUT2D eigenvalue weighted by Crippen LogP contribution is -2.56. The van der Waals surface area contributed by atoms with E-state index in [0.717, 1.165) is 26.1 Å². The Morgan fingerprint density at radius 3 is 2.68 bits per heavy atom. The van der Waals surface area contributed by atoms with Gasteiger partial charge in [-0.1, -0.05) is 33.1 Å². The zero-order valence-corrected chi connectivity index (χ0v) is 15.2. The third-order valence-electron chi connectivity index (χ3n) is 4.83. The fourth-order valence-electron chi connectivity index (χ4n) is 3.21. The van der Waals surface area contributed by atoms with Crippen molar-refractivity contribution < 1.29 is 9.84 Å². The standard InChI is InChI=1S/C18H36N2O2/c1-6-7-8-9-15(2)18(21)20-12-11-19(14-17(20)4)16(3)10-13-22-5/h10,15,17-18,21H,6-9,11-14H2,1-5H3/b16-10+. The second kappa shape index (κ2) is 10.2. The van der Waals surface area contributed by atoms with Gasteiger partial charge >= 0.3 is 0 Å². The highest BCUT2D eigenvalue weighted by Crippen LogP contribution is 2.22. The summed E-state index contributed by atoms with van der Waals surface area (Å²) in [7, 11) is 1.72. The van der Waals surface area contributed by atoms with E-state index in [1.807, 2.05) is 0 Å². The van der Waals surface area contributed by atoms with E-state index in [-0.39, 0.29) is 6.23 Å². The molecule has 1 saturated heterocycles. The van der Waals surface area contributed by atoms with Crippen molar-refractivity contribution in [3.05, 3.63) is 11.8 Å². The second-order valence-electron chi connectivity index (χ2n) is 6.72. The number of rotatable bonds is 9. The minimum absolute atomic E-state index is 0.308. The normalized spacial score (nSPS) is 23.6. The summed E-state index contributed by atoms with van der Waals surface area (Å²) in [6, 6.07) is 0.378. The molecule has 3 atom stereocenters. The first-order valence-electron chi connectivity index (χ1n) is 8.85. The van der Waals surface area contributed by atoms with Crippen LogP contribution in [0.15, 0.2) is 11.8 Å². The Bertz CT molecular complexity index is 333. The van der Waals surface area contributed by atoms with Crippen molar-refractivity contribution >= 4 is 0 Å². The molecule has 1 aliphatic heterocycles. The van der Waals surface area contributed by atoms with Crippen molar-refractivity contribution in [3.63, 3.8) is 0 Å². The maximum Gasteiger partial charge on any atom is 0.110 e. The van der Waals surface area contributed by atoms with Gasteiger partial charge in [0.15, 0.2) is 0 Å². The first-order chi connectivity index (χ1) is 10.5. The Morgan fingerprint density at radius 2 is 2.09 bits per heavy atom. The number of methoxy groups -OCH3 is 1. The number of hydrogen-bond donors (Lipinski definition) is 1. The summed E-state index contributed by atoms with van der Waals surface area (Å²) in [6.07, 6.45) is 6.68. The van der Waals surface area contributed by atoms with Crippen LogP contribution < -0.4 is 0 Å². The lowest BCUT2D eigenvalue weighted by Gasteiger charge is -2.44. The number of aliphatic hydroxyl groups is 1. The predicted octanol–water partition coefficient (Wildman–Crippen LogP) is 3.08. The number of ether oxygens (including phenoxy) is 1. The molecule has 1 fully saturated rings. The molecular formula is C18H36N2O2. The van der Waals surface area contributed by atoms with Gasteiger partial charge in [0, 0.05) is 38.5 Å². The summed E-state index contributed by atoms with van der Waals surface area (Å²) < 4.78 is 5.11. The van der Waals surface area contributed by atoms with Crippen LogP contribution >= 0.6 is 0 Å². The quantitative estimate of drug-likeness (QED) is 0.664. The van der Waals surface area contributed by atoms with Gasteiger partial charge in [-0.25, -0.2) is 0 Å². The third kappa shape index (κ3) is 5.90. The van der Waals surface area contributed by atoms with Crippen molar-refractivity contribution in [2.75, 3.05) is 33.4 Å². The number of allylic oxidation sites excluding steroid dienone is 1. The van der Waals surface area contributed by atoms with Crippen LogP contribution in [0.4, 0.5) is 0 Å². The fourth-order valence-corrected chi connectivity index (χ4v) is 3.21. The molecule has 1 heterocycles. The van der Waals surface area contributed by atoms with Gasteiger partial charge in [0.2, 0.25) is 0 Å². The highest BCUT2D eigenvalue weighted by molar-refractivity contribution is 5.01. The van der Waals surface area contributed by atoms with Crippen molar-refractivity contribution in [1.29, 1.82) is 0 Å². The van der Waals surface area contributed by atoms with Crippen molar-refractivity contribution in [3.8, 4) is 0 Å². The summed E-state index contributed by atoms with van der Waals surface area (Å²) >= 11 is 0. The molecule has 0 saturated carbocycles. The van der Waals surface area contributed by atoms with Crippen LogP contribution in [0.3, 0.4) is 0 Å². The average Bonchev–Trinajstić information content (AvgIpc) is 2.51. The molecule has 0 aromatic rings. The van der Waals surface area contributed by atoms with Crippen LogP contribution in [0.25, 0.3) is 0 Å². The first-order valence-corrected chi connectivity index (χ1v) is 8.85. The number of unbranched alkanes of at least 4 members (excludes halogenated alkanes) is 2. The molecule has 0 aliphatic carbocycles. The lowest BCUT2D eigenvalue weighted by molar-refractivity contribution is -0.0796. The predicted molar refractivity (Wildman–Crippen MR) is 92.7 cm³/mol. The van der Waals surface area contributed by atoms with Crippen LogP contribution in [0.1, 0.15) is 53.4 Å². The van der Waals surface area contributed by atoms with Gasteiger partial charge in [-0.3, -0.25) is 4.90 Å². The van der Waals surface area contributed by atoms with E-state index >= 15 is 0 Å². The maximum atomic E-state index is 10.7. The second-order valence-corrected chi connectivity index (χ2v) is 6.72. The topological polar surface area (TPSA) is 35.9 Å². The molecule has 0 radical (unpaired) electrons. The molecular weight excluding hydrogens is 276 g/mol. The Balaban J connectivity index is 2.48. The molecule has 3 unspecified atom stereocenters. The van der Waals surface area contributed by atoms with Crippen LogP contribution in [0.2, 0.25) is 0 Å². The van der Waals surface area contributed by atoms with Gasteiger partial charge in [0.05, 0.1) is 6.61 Å². The minimum Gasteiger partial charge on any atom is -0.381 e. The van der Waals surface area contributed by atoms with Crippen molar-refractivity contribution in [1.82, 2.24) is 9.80 Å². The highest BCUT2D eigenvalue weighted by atomic mass is 16.5. The Morgan fingerprint density at radius 1 is 1.36 bits per heavy atom. The van der Waals surface area contributed by atoms with E-state index in [4.69, 9.17) is 4.74 Å². The molecule has 0 bridgehead atoms. The van der Waals surface area contributed by atoms with Crippen LogP contribution in [0.5, 0.6) is 0 Å². The van der Waals surface area contributed by atoms with E-state index < -0.39 is 0 Å². The highest BCUT2D eigenvalue weighted by Gasteiger charge is 2.30. The fraction of sp³-hybridized carbons (Fsp3) is 0.889. The summed E-state index contributed by atoms with van der Waals surface area (Å²) in [6.45, 7) is 12.3. The third-order valence-corrected chi connectivity index (χ3v) is 4.83. The molecule has 1 rings (SSSR count). The van der Waals surface area contributed by atoms with Crippen LogP contribution in [-0.4, -0.2) is 60.5 Å². The van der Waals surface area contributed by atoms with Gasteiger partial charge in [0.25, 0.3) is 0 Å². The zero-order chi connectivity index (χ0) is 16.5. The van der Waals surface area contributed by atoms with E-state index in [1.165, 1.54) is 25.0 Å². The molecule has 0 amide bonds. The molecule has 1 aliphatic rings. The summed E-state index contributed by atoms with van der Waals surface area (Å²) in [5, 5.41) is 10.7. The van der Waals surface area contributed by atoms with Gasteiger partial charge < -0.3 is 14.7 Å². The molecule has 1 N–H and O–H groups in total. The number of nitrogens with zero attached hydrogens (tertiary/aromatic N) is 2. The van der Waals surface area contributed by atoms with Gasteiger partial charge in [0.1, 0.15) is 6.23 Å².